The topological polar surface area (TPSA) is 38.3 Å². The predicted molar refractivity (Wildman–Crippen MR) is 88.1 cm³/mol. The van der Waals surface area contributed by atoms with E-state index in [2.05, 4.69) is 17.4 Å². The van der Waals surface area contributed by atoms with E-state index in [1.54, 1.807) is 0 Å². The summed E-state index contributed by atoms with van der Waals surface area (Å²) in [6, 6.07) is 17.8. The zero-order chi connectivity index (χ0) is 15.5. The van der Waals surface area contributed by atoms with Crippen LogP contribution >= 0.6 is 0 Å². The highest BCUT2D eigenvalue weighted by Gasteiger charge is 2.43. The number of benzene rings is 2. The maximum Gasteiger partial charge on any atom is 0.228 e. The summed E-state index contributed by atoms with van der Waals surface area (Å²) in [5.41, 5.74) is 2.07. The van der Waals surface area contributed by atoms with Crippen molar-refractivity contribution in [2.75, 3.05) is 5.32 Å². The van der Waals surface area contributed by atoms with E-state index in [0.717, 1.165) is 17.9 Å². The molecule has 0 spiro atoms. The molecule has 1 aliphatic rings. The van der Waals surface area contributed by atoms with E-state index in [4.69, 9.17) is 4.74 Å². The molecule has 22 heavy (non-hydrogen) atoms. The van der Waals surface area contributed by atoms with Crippen LogP contribution in [0.2, 0.25) is 0 Å². The third kappa shape index (κ3) is 3.48. The van der Waals surface area contributed by atoms with E-state index < -0.39 is 0 Å². The van der Waals surface area contributed by atoms with Crippen molar-refractivity contribution in [1.82, 2.24) is 0 Å². The Kier molecular flexibility index (Phi) is 4.14. The first-order chi connectivity index (χ1) is 10.6. The average molecular weight is 295 g/mol. The number of rotatable bonds is 5. The summed E-state index contributed by atoms with van der Waals surface area (Å²) >= 11 is 0. The molecule has 1 saturated carbocycles. The average Bonchev–Trinajstić information content (AvgIpc) is 3.30. The van der Waals surface area contributed by atoms with Crippen molar-refractivity contribution >= 4 is 11.6 Å². The fraction of sp³-hybridized carbons (Fsp3) is 0.316. The third-order valence-corrected chi connectivity index (χ3v) is 3.85. The number of ether oxygens (including phenoxy) is 1. The lowest BCUT2D eigenvalue weighted by Gasteiger charge is -2.10. The third-order valence-electron chi connectivity index (χ3n) is 3.85. The molecule has 0 aliphatic heterocycles. The Bertz CT molecular complexity index is 634. The van der Waals surface area contributed by atoms with Gasteiger partial charge in [-0.3, -0.25) is 4.79 Å². The standard InChI is InChI=1S/C19H21NO2/c1-13(2)22-16-10-8-15(9-11-16)20-19(21)18-12-17(18)14-6-4-3-5-7-14/h3-11,13,17-18H,12H2,1-2H3,(H,20,21). The Morgan fingerprint density at radius 2 is 1.77 bits per heavy atom. The maximum atomic E-state index is 12.3. The van der Waals surface area contributed by atoms with Gasteiger partial charge in [0.05, 0.1) is 6.10 Å². The van der Waals surface area contributed by atoms with Crippen molar-refractivity contribution < 1.29 is 9.53 Å². The molecular weight excluding hydrogens is 274 g/mol. The van der Waals surface area contributed by atoms with Gasteiger partial charge >= 0.3 is 0 Å². The number of carbonyl (C=O) groups excluding carboxylic acids is 1. The van der Waals surface area contributed by atoms with Crippen LogP contribution in [0.15, 0.2) is 54.6 Å². The van der Waals surface area contributed by atoms with E-state index in [9.17, 15) is 4.79 Å². The van der Waals surface area contributed by atoms with E-state index in [0.29, 0.717) is 5.92 Å². The number of carbonyl (C=O) groups is 1. The molecule has 2 aromatic carbocycles. The molecule has 114 valence electrons. The number of hydrogen-bond acceptors (Lipinski definition) is 2. The second-order valence-electron chi connectivity index (χ2n) is 6.04. The molecule has 3 nitrogen and oxygen atoms in total. The lowest BCUT2D eigenvalue weighted by atomic mass is 10.1. The van der Waals surface area contributed by atoms with E-state index in [-0.39, 0.29) is 17.9 Å². The molecule has 0 radical (unpaired) electrons. The van der Waals surface area contributed by atoms with Crippen LogP contribution in [0.4, 0.5) is 5.69 Å². The highest BCUT2D eigenvalue weighted by atomic mass is 16.5. The maximum absolute atomic E-state index is 12.3. The summed E-state index contributed by atoms with van der Waals surface area (Å²) in [5.74, 6) is 1.38. The molecular formula is C19H21NO2. The van der Waals surface area contributed by atoms with Crippen LogP contribution in [0.25, 0.3) is 0 Å². The van der Waals surface area contributed by atoms with Gasteiger partial charge in [-0.15, -0.1) is 0 Å². The van der Waals surface area contributed by atoms with Crippen LogP contribution in [0, 0.1) is 5.92 Å². The minimum Gasteiger partial charge on any atom is -0.491 e. The van der Waals surface area contributed by atoms with Crippen molar-refractivity contribution in [3.8, 4) is 5.75 Å². The first-order valence-electron chi connectivity index (χ1n) is 7.76. The SMILES string of the molecule is CC(C)Oc1ccc(NC(=O)C2CC2c2ccccc2)cc1. The summed E-state index contributed by atoms with van der Waals surface area (Å²) < 4.78 is 5.60. The van der Waals surface area contributed by atoms with Gasteiger partial charge in [0.1, 0.15) is 5.75 Å². The Morgan fingerprint density at radius 3 is 2.41 bits per heavy atom. The molecule has 2 unspecified atom stereocenters. The largest absolute Gasteiger partial charge is 0.491 e. The number of anilines is 1. The molecule has 3 rings (SSSR count). The summed E-state index contributed by atoms with van der Waals surface area (Å²) in [5, 5.41) is 2.99. The van der Waals surface area contributed by atoms with Crippen LogP contribution in [-0.4, -0.2) is 12.0 Å². The van der Waals surface area contributed by atoms with Crippen LogP contribution in [0.1, 0.15) is 31.7 Å². The number of hydrogen-bond donors (Lipinski definition) is 1. The summed E-state index contributed by atoms with van der Waals surface area (Å²) in [6.07, 6.45) is 1.09. The van der Waals surface area contributed by atoms with Crippen molar-refractivity contribution in [3.05, 3.63) is 60.2 Å². The Morgan fingerprint density at radius 1 is 1.09 bits per heavy atom. The molecule has 0 saturated heterocycles. The highest BCUT2D eigenvalue weighted by Crippen LogP contribution is 2.47. The van der Waals surface area contributed by atoms with Crippen molar-refractivity contribution in [2.45, 2.75) is 32.3 Å². The predicted octanol–water partition coefficient (Wildman–Crippen LogP) is 4.22. The van der Waals surface area contributed by atoms with Crippen molar-refractivity contribution in [3.63, 3.8) is 0 Å². The van der Waals surface area contributed by atoms with E-state index in [1.165, 1.54) is 5.56 Å². The van der Waals surface area contributed by atoms with Crippen LogP contribution in [0.5, 0.6) is 5.75 Å². The van der Waals surface area contributed by atoms with E-state index in [1.807, 2.05) is 56.3 Å². The molecule has 1 fully saturated rings. The van der Waals surface area contributed by atoms with Gasteiger partial charge in [0, 0.05) is 11.6 Å². The normalized spacial score (nSPS) is 19.8. The minimum atomic E-state index is 0.0917. The summed E-state index contributed by atoms with van der Waals surface area (Å²) in [7, 11) is 0. The minimum absolute atomic E-state index is 0.0917. The van der Waals surface area contributed by atoms with Gasteiger partial charge < -0.3 is 10.1 Å². The lowest BCUT2D eigenvalue weighted by molar-refractivity contribution is -0.117. The smallest absolute Gasteiger partial charge is 0.228 e. The zero-order valence-electron chi connectivity index (χ0n) is 13.0. The molecule has 0 bridgehead atoms. The second kappa shape index (κ2) is 6.22. The Labute approximate surface area is 131 Å². The fourth-order valence-corrected chi connectivity index (χ4v) is 2.68. The van der Waals surface area contributed by atoms with Crippen LogP contribution < -0.4 is 10.1 Å². The van der Waals surface area contributed by atoms with Gasteiger partial charge in [-0.25, -0.2) is 0 Å². The second-order valence-corrected chi connectivity index (χ2v) is 6.04. The Hall–Kier alpha value is -2.29. The molecule has 1 amide bonds. The molecule has 0 aromatic heterocycles. The molecule has 1 aliphatic carbocycles. The molecule has 2 atom stereocenters. The summed E-state index contributed by atoms with van der Waals surface area (Å²) in [4.78, 5) is 12.3. The highest BCUT2D eigenvalue weighted by molar-refractivity contribution is 5.95. The van der Waals surface area contributed by atoms with E-state index >= 15 is 0 Å². The fourth-order valence-electron chi connectivity index (χ4n) is 2.68. The summed E-state index contributed by atoms with van der Waals surface area (Å²) in [6.45, 7) is 3.99. The molecule has 1 N–H and O–H groups in total. The monoisotopic (exact) mass is 295 g/mol. The number of amides is 1. The van der Waals surface area contributed by atoms with Gasteiger partial charge in [-0.05, 0) is 56.0 Å². The lowest BCUT2D eigenvalue weighted by Crippen LogP contribution is -2.14. The number of nitrogens with one attached hydrogen (secondary N) is 1. The van der Waals surface area contributed by atoms with Crippen LogP contribution in [-0.2, 0) is 4.79 Å². The van der Waals surface area contributed by atoms with Gasteiger partial charge in [0.25, 0.3) is 0 Å². The first kappa shape index (κ1) is 14.6. The van der Waals surface area contributed by atoms with Crippen molar-refractivity contribution in [1.29, 1.82) is 0 Å². The zero-order valence-corrected chi connectivity index (χ0v) is 13.0. The van der Waals surface area contributed by atoms with Gasteiger partial charge in [0.2, 0.25) is 5.91 Å². The van der Waals surface area contributed by atoms with Crippen molar-refractivity contribution in [2.24, 2.45) is 5.92 Å². The first-order valence-corrected chi connectivity index (χ1v) is 7.76. The van der Waals surface area contributed by atoms with Gasteiger partial charge in [0.15, 0.2) is 0 Å². The Balaban J connectivity index is 1.57. The quantitative estimate of drug-likeness (QED) is 0.897. The molecule has 3 heteroatoms. The van der Waals surface area contributed by atoms with Gasteiger partial charge in [-0.1, -0.05) is 30.3 Å². The van der Waals surface area contributed by atoms with Gasteiger partial charge in [-0.2, -0.15) is 0 Å². The van der Waals surface area contributed by atoms with Crippen LogP contribution in [0.3, 0.4) is 0 Å². The molecule has 2 aromatic rings. The molecule has 0 heterocycles.